The quantitative estimate of drug-likeness (QED) is 0.0261. The molecule has 0 radical (unpaired) electrons. The van der Waals surface area contributed by atoms with Crippen LogP contribution in [0.1, 0.15) is 297 Å². The van der Waals surface area contributed by atoms with E-state index in [4.69, 9.17) is 14.2 Å². The zero-order chi connectivity index (χ0) is 50.7. The number of rotatable bonds is 54. The van der Waals surface area contributed by atoms with Gasteiger partial charge in [-0.3, -0.25) is 14.4 Å². The fourth-order valence-electron chi connectivity index (χ4n) is 8.34. The number of carbonyl (C=O) groups is 3. The van der Waals surface area contributed by atoms with E-state index in [0.717, 1.165) is 109 Å². The summed E-state index contributed by atoms with van der Waals surface area (Å²) in [7, 11) is 0. The molecule has 0 fully saturated rings. The lowest BCUT2D eigenvalue weighted by atomic mass is 10.1. The number of hydrogen-bond acceptors (Lipinski definition) is 6. The average molecular weight is 978 g/mol. The first-order valence-corrected chi connectivity index (χ1v) is 29.9. The van der Waals surface area contributed by atoms with Crippen molar-refractivity contribution in [3.8, 4) is 0 Å². The van der Waals surface area contributed by atoms with Crippen molar-refractivity contribution in [3.63, 3.8) is 0 Å². The van der Waals surface area contributed by atoms with E-state index >= 15 is 0 Å². The number of hydrogen-bond donors (Lipinski definition) is 0. The van der Waals surface area contributed by atoms with Crippen molar-refractivity contribution in [2.24, 2.45) is 0 Å². The van der Waals surface area contributed by atoms with E-state index in [1.54, 1.807) is 0 Å². The van der Waals surface area contributed by atoms with Crippen LogP contribution in [0.15, 0.2) is 72.9 Å². The summed E-state index contributed by atoms with van der Waals surface area (Å²) in [6, 6.07) is 0. The molecule has 0 N–H and O–H groups in total. The molecule has 0 aromatic heterocycles. The van der Waals surface area contributed by atoms with Crippen LogP contribution < -0.4 is 0 Å². The molecule has 1 atom stereocenters. The first kappa shape index (κ1) is 66.9. The maximum absolute atomic E-state index is 12.9. The summed E-state index contributed by atoms with van der Waals surface area (Å²) >= 11 is 0. The fourth-order valence-corrected chi connectivity index (χ4v) is 8.34. The molecule has 404 valence electrons. The van der Waals surface area contributed by atoms with Gasteiger partial charge in [0.15, 0.2) is 6.10 Å². The predicted octanol–water partition coefficient (Wildman–Crippen LogP) is 20.2. The van der Waals surface area contributed by atoms with Gasteiger partial charge in [-0.1, -0.05) is 241 Å². The van der Waals surface area contributed by atoms with Crippen molar-refractivity contribution < 1.29 is 28.6 Å². The second kappa shape index (κ2) is 58.4. The highest BCUT2D eigenvalue weighted by Gasteiger charge is 2.19. The third-order valence-electron chi connectivity index (χ3n) is 12.9. The third-order valence-corrected chi connectivity index (χ3v) is 12.9. The molecule has 6 nitrogen and oxygen atoms in total. The Balaban J connectivity index is 4.36. The Morgan fingerprint density at radius 1 is 0.286 bits per heavy atom. The standard InChI is InChI=1S/C64H112O6/c1-4-7-10-13-16-19-22-25-28-29-30-31-32-33-34-35-37-39-42-45-48-51-54-57-63(66)69-60-61(59-68-62(65)56-53-50-47-44-41-38-27-24-21-18-15-12-9-6-3)70-64(67)58-55-52-49-46-43-40-36-26-23-20-17-14-11-8-5-2/h15,18,22,24-27,29-30,32-33,36,61H,4-14,16-17,19-21,23,28,31,34-35,37-60H2,1-3H3/b18-15-,25-22-,27-24-,30-29-,33-32-,36-26-. The largest absolute Gasteiger partial charge is 0.462 e. The lowest BCUT2D eigenvalue weighted by Gasteiger charge is -2.18. The van der Waals surface area contributed by atoms with Crippen molar-refractivity contribution >= 4 is 17.9 Å². The van der Waals surface area contributed by atoms with Crippen LogP contribution in [-0.4, -0.2) is 37.2 Å². The SMILES string of the molecule is CCCC/C=C\C/C=C\CCCCCCCC(=O)OCC(COC(=O)CCCCCCCCCC/C=C\C/C=C\C/C=C\CCCCCCC)OC(=O)CCCCCCC/C=C\CCCCCCCC. The van der Waals surface area contributed by atoms with Gasteiger partial charge in [0.25, 0.3) is 0 Å². The van der Waals surface area contributed by atoms with Gasteiger partial charge in [0.05, 0.1) is 0 Å². The molecule has 0 bridgehead atoms. The number of ether oxygens (including phenoxy) is 3. The van der Waals surface area contributed by atoms with E-state index < -0.39 is 6.10 Å². The highest BCUT2D eigenvalue weighted by atomic mass is 16.6. The van der Waals surface area contributed by atoms with Gasteiger partial charge in [0, 0.05) is 19.3 Å². The van der Waals surface area contributed by atoms with E-state index in [1.807, 2.05) is 0 Å². The van der Waals surface area contributed by atoms with Crippen LogP contribution in [0.2, 0.25) is 0 Å². The Bertz CT molecular complexity index is 1310. The van der Waals surface area contributed by atoms with Gasteiger partial charge in [0.2, 0.25) is 0 Å². The number of unbranched alkanes of at least 4 members (excludes halogenated alkanes) is 31. The van der Waals surface area contributed by atoms with Gasteiger partial charge in [0.1, 0.15) is 13.2 Å². The highest BCUT2D eigenvalue weighted by Crippen LogP contribution is 2.15. The Kier molecular flexibility index (Phi) is 55.8. The average Bonchev–Trinajstić information content (AvgIpc) is 3.36. The summed E-state index contributed by atoms with van der Waals surface area (Å²) in [4.78, 5) is 38.2. The molecule has 1 unspecified atom stereocenters. The molecule has 0 aliphatic rings. The Morgan fingerprint density at radius 2 is 0.529 bits per heavy atom. The van der Waals surface area contributed by atoms with Crippen molar-refractivity contribution in [2.75, 3.05) is 13.2 Å². The molecule has 0 spiro atoms. The van der Waals surface area contributed by atoms with Crippen LogP contribution in [0.4, 0.5) is 0 Å². The maximum atomic E-state index is 12.9. The van der Waals surface area contributed by atoms with E-state index in [-0.39, 0.29) is 31.1 Å². The molecular formula is C64H112O6. The van der Waals surface area contributed by atoms with Gasteiger partial charge in [-0.05, 0) is 109 Å². The van der Waals surface area contributed by atoms with Gasteiger partial charge in [-0.15, -0.1) is 0 Å². The zero-order valence-electron chi connectivity index (χ0n) is 46.3. The summed E-state index contributed by atoms with van der Waals surface area (Å²) in [5.41, 5.74) is 0. The van der Waals surface area contributed by atoms with E-state index in [1.165, 1.54) is 148 Å². The second-order valence-corrected chi connectivity index (χ2v) is 19.9. The van der Waals surface area contributed by atoms with Crippen molar-refractivity contribution in [1.29, 1.82) is 0 Å². The summed E-state index contributed by atoms with van der Waals surface area (Å²) in [6.07, 6.45) is 74.6. The monoisotopic (exact) mass is 977 g/mol. The molecular weight excluding hydrogens is 865 g/mol. The molecule has 0 saturated heterocycles. The van der Waals surface area contributed by atoms with Gasteiger partial charge >= 0.3 is 17.9 Å². The molecule has 0 aliphatic carbocycles. The van der Waals surface area contributed by atoms with Crippen LogP contribution in [0.25, 0.3) is 0 Å². The molecule has 0 amide bonds. The number of allylic oxidation sites excluding steroid dienone is 12. The summed E-state index contributed by atoms with van der Waals surface area (Å²) in [5.74, 6) is -0.907. The number of esters is 3. The summed E-state index contributed by atoms with van der Waals surface area (Å²) in [5, 5.41) is 0. The molecule has 6 heteroatoms. The molecule has 0 saturated carbocycles. The lowest BCUT2D eigenvalue weighted by Crippen LogP contribution is -2.30. The summed E-state index contributed by atoms with van der Waals surface area (Å²) < 4.78 is 16.9. The second-order valence-electron chi connectivity index (χ2n) is 19.9. The Hall–Kier alpha value is -3.15. The zero-order valence-corrected chi connectivity index (χ0v) is 46.3. The van der Waals surface area contributed by atoms with Crippen LogP contribution >= 0.6 is 0 Å². The molecule has 0 aliphatic heterocycles. The van der Waals surface area contributed by atoms with Crippen molar-refractivity contribution in [1.82, 2.24) is 0 Å². The summed E-state index contributed by atoms with van der Waals surface area (Å²) in [6.45, 7) is 6.58. The van der Waals surface area contributed by atoms with Crippen molar-refractivity contribution in [3.05, 3.63) is 72.9 Å². The molecule has 70 heavy (non-hydrogen) atoms. The van der Waals surface area contributed by atoms with E-state index in [2.05, 4.69) is 93.7 Å². The topological polar surface area (TPSA) is 78.9 Å². The van der Waals surface area contributed by atoms with E-state index in [0.29, 0.717) is 19.3 Å². The van der Waals surface area contributed by atoms with Crippen LogP contribution in [-0.2, 0) is 28.6 Å². The molecule has 0 aromatic rings. The fraction of sp³-hybridized carbons (Fsp3) is 0.766. The van der Waals surface area contributed by atoms with Crippen LogP contribution in [0.5, 0.6) is 0 Å². The number of carbonyl (C=O) groups excluding carboxylic acids is 3. The van der Waals surface area contributed by atoms with Crippen molar-refractivity contribution in [2.45, 2.75) is 303 Å². The first-order valence-electron chi connectivity index (χ1n) is 29.9. The molecule has 0 rings (SSSR count). The van der Waals surface area contributed by atoms with Gasteiger partial charge in [-0.2, -0.15) is 0 Å². The Labute approximate surface area is 433 Å². The van der Waals surface area contributed by atoms with Gasteiger partial charge in [-0.25, -0.2) is 0 Å². The normalized spacial score (nSPS) is 12.6. The maximum Gasteiger partial charge on any atom is 0.306 e. The van der Waals surface area contributed by atoms with Gasteiger partial charge < -0.3 is 14.2 Å². The lowest BCUT2D eigenvalue weighted by molar-refractivity contribution is -0.167. The third kappa shape index (κ3) is 55.8. The van der Waals surface area contributed by atoms with Crippen LogP contribution in [0.3, 0.4) is 0 Å². The minimum atomic E-state index is -0.789. The minimum absolute atomic E-state index is 0.0866. The first-order chi connectivity index (χ1) is 34.5. The highest BCUT2D eigenvalue weighted by molar-refractivity contribution is 5.71. The van der Waals surface area contributed by atoms with E-state index in [9.17, 15) is 14.4 Å². The molecule has 0 aromatic carbocycles. The minimum Gasteiger partial charge on any atom is -0.462 e. The predicted molar refractivity (Wildman–Crippen MR) is 302 cm³/mol. The Morgan fingerprint density at radius 3 is 0.857 bits per heavy atom. The smallest absolute Gasteiger partial charge is 0.306 e. The molecule has 0 heterocycles. The van der Waals surface area contributed by atoms with Crippen LogP contribution in [0, 0.1) is 0 Å².